The minimum atomic E-state index is 0. The number of halogens is 1. The highest BCUT2D eigenvalue weighted by molar-refractivity contribution is 14.0. The van der Waals surface area contributed by atoms with Crippen LogP contribution in [0.3, 0.4) is 0 Å². The van der Waals surface area contributed by atoms with Crippen LogP contribution < -0.4 is 10.6 Å². The zero-order valence-electron chi connectivity index (χ0n) is 15.2. The van der Waals surface area contributed by atoms with Crippen molar-refractivity contribution in [3.05, 3.63) is 10.0 Å². The lowest BCUT2D eigenvalue weighted by Crippen LogP contribution is -2.40. The first-order chi connectivity index (χ1) is 10.2. The highest BCUT2D eigenvalue weighted by atomic mass is 127. The van der Waals surface area contributed by atoms with Crippen molar-refractivity contribution in [2.75, 3.05) is 6.54 Å². The van der Waals surface area contributed by atoms with Gasteiger partial charge in [-0.05, 0) is 17.8 Å². The molecule has 132 valence electrons. The van der Waals surface area contributed by atoms with Crippen LogP contribution in [0, 0.1) is 10.8 Å². The van der Waals surface area contributed by atoms with E-state index >= 15 is 0 Å². The Balaban J connectivity index is 0.00000264. The normalized spacial score (nSPS) is 19.4. The molecule has 1 aromatic rings. The summed E-state index contributed by atoms with van der Waals surface area (Å²) in [7, 11) is 0. The molecule has 1 fully saturated rings. The van der Waals surface area contributed by atoms with Crippen LogP contribution in [-0.4, -0.2) is 28.7 Å². The summed E-state index contributed by atoms with van der Waals surface area (Å²) in [6.45, 7) is 17.0. The minimum Gasteiger partial charge on any atom is -0.357 e. The van der Waals surface area contributed by atoms with Crippen LogP contribution in [0.15, 0.2) is 4.99 Å². The number of nitrogens with zero attached hydrogens (tertiary/aromatic N) is 3. The lowest BCUT2D eigenvalue weighted by Gasteiger charge is -2.12. The summed E-state index contributed by atoms with van der Waals surface area (Å²) < 4.78 is 0. The van der Waals surface area contributed by atoms with E-state index in [1.807, 2.05) is 0 Å². The molecule has 2 N–H and O–H groups in total. The number of hydrogen-bond acceptors (Lipinski definition) is 4. The van der Waals surface area contributed by atoms with E-state index in [0.717, 1.165) is 22.5 Å². The van der Waals surface area contributed by atoms with Crippen molar-refractivity contribution in [2.45, 2.75) is 67.0 Å². The van der Waals surface area contributed by atoms with Gasteiger partial charge in [-0.2, -0.15) is 0 Å². The van der Waals surface area contributed by atoms with Gasteiger partial charge in [-0.3, -0.25) is 0 Å². The number of hydrogen-bond donors (Lipinski definition) is 2. The van der Waals surface area contributed by atoms with Gasteiger partial charge in [0.25, 0.3) is 0 Å². The van der Waals surface area contributed by atoms with Crippen LogP contribution in [0.5, 0.6) is 0 Å². The third kappa shape index (κ3) is 4.35. The maximum Gasteiger partial charge on any atom is 0.191 e. The average molecular weight is 451 g/mol. The van der Waals surface area contributed by atoms with Crippen LogP contribution in [0.2, 0.25) is 0 Å². The van der Waals surface area contributed by atoms with Crippen molar-refractivity contribution in [2.24, 2.45) is 15.8 Å². The van der Waals surface area contributed by atoms with Crippen LogP contribution in [0.4, 0.5) is 0 Å². The molecule has 0 saturated heterocycles. The second-order valence-corrected chi connectivity index (χ2v) is 8.50. The molecular weight excluding hydrogens is 421 g/mol. The number of aliphatic imine (C=N–C) groups is 1. The van der Waals surface area contributed by atoms with E-state index in [0.29, 0.717) is 18.5 Å². The Morgan fingerprint density at radius 3 is 2.26 bits per heavy atom. The summed E-state index contributed by atoms with van der Waals surface area (Å²) in [5, 5.41) is 17.4. The highest BCUT2D eigenvalue weighted by Crippen LogP contribution is 2.62. The van der Waals surface area contributed by atoms with Gasteiger partial charge in [-0.1, -0.05) is 52.9 Å². The van der Waals surface area contributed by atoms with Gasteiger partial charge in [0.2, 0.25) is 0 Å². The van der Waals surface area contributed by atoms with Gasteiger partial charge in [0, 0.05) is 18.5 Å². The third-order valence-corrected chi connectivity index (χ3v) is 6.20. The Morgan fingerprint density at radius 2 is 1.83 bits per heavy atom. The van der Waals surface area contributed by atoms with Gasteiger partial charge in [-0.15, -0.1) is 34.2 Å². The quantitative estimate of drug-likeness (QED) is 0.407. The first-order valence-corrected chi connectivity index (χ1v) is 8.89. The fraction of sp³-hybridized carbons (Fsp3) is 0.812. The Labute approximate surface area is 161 Å². The summed E-state index contributed by atoms with van der Waals surface area (Å²) in [5.74, 6) is 1.29. The summed E-state index contributed by atoms with van der Waals surface area (Å²) >= 11 is 1.65. The third-order valence-electron chi connectivity index (χ3n) is 4.99. The van der Waals surface area contributed by atoms with Gasteiger partial charge in [0.15, 0.2) is 5.96 Å². The van der Waals surface area contributed by atoms with Gasteiger partial charge in [0.05, 0.1) is 6.54 Å². The van der Waals surface area contributed by atoms with Crippen molar-refractivity contribution >= 4 is 41.3 Å². The second-order valence-electron chi connectivity index (χ2n) is 7.40. The lowest BCUT2D eigenvalue weighted by molar-refractivity contribution is 0.457. The maximum absolute atomic E-state index is 4.67. The van der Waals surface area contributed by atoms with Gasteiger partial charge in [-0.25, -0.2) is 4.99 Å². The second kappa shape index (κ2) is 7.63. The molecule has 0 amide bonds. The number of guanidine groups is 1. The van der Waals surface area contributed by atoms with Gasteiger partial charge < -0.3 is 10.6 Å². The molecule has 1 aliphatic carbocycles. The summed E-state index contributed by atoms with van der Waals surface area (Å²) in [6.07, 6.45) is 0. The Bertz CT molecular complexity index is 536. The standard InChI is InChI=1S/C16H29N5S.HI/c1-8-17-14(19-13-15(4,5)16(13,6)7)18-9-11-20-21-12(22-11)10(2)3;/h10,13H,8-9H2,1-7H3,(H2,17,18,19);1H. The molecule has 5 nitrogen and oxygen atoms in total. The molecule has 0 radical (unpaired) electrons. The van der Waals surface area contributed by atoms with Gasteiger partial charge >= 0.3 is 0 Å². The molecule has 1 aromatic heterocycles. The predicted octanol–water partition coefficient (Wildman–Crippen LogP) is 3.77. The number of rotatable bonds is 5. The largest absolute Gasteiger partial charge is 0.357 e. The lowest BCUT2D eigenvalue weighted by atomic mass is 10.0. The van der Waals surface area contributed by atoms with E-state index in [4.69, 9.17) is 0 Å². The van der Waals surface area contributed by atoms with Crippen molar-refractivity contribution in [1.82, 2.24) is 20.8 Å². The fourth-order valence-corrected chi connectivity index (χ4v) is 3.49. The van der Waals surface area contributed by atoms with E-state index in [2.05, 4.69) is 74.3 Å². The zero-order valence-corrected chi connectivity index (χ0v) is 18.4. The fourth-order valence-electron chi connectivity index (χ4n) is 2.72. The van der Waals surface area contributed by atoms with Crippen LogP contribution >= 0.6 is 35.3 Å². The molecule has 1 heterocycles. The molecule has 0 aromatic carbocycles. The monoisotopic (exact) mass is 451 g/mol. The minimum absolute atomic E-state index is 0. The maximum atomic E-state index is 4.67. The summed E-state index contributed by atoms with van der Waals surface area (Å²) in [6, 6.07) is 0.443. The van der Waals surface area contributed by atoms with Crippen LogP contribution in [0.25, 0.3) is 0 Å². The van der Waals surface area contributed by atoms with E-state index in [1.165, 1.54) is 0 Å². The van der Waals surface area contributed by atoms with Crippen molar-refractivity contribution in [3.8, 4) is 0 Å². The van der Waals surface area contributed by atoms with Crippen molar-refractivity contribution in [3.63, 3.8) is 0 Å². The SMILES string of the molecule is CCNC(=NCc1nnc(C(C)C)s1)NC1C(C)(C)C1(C)C.I. The summed E-state index contributed by atoms with van der Waals surface area (Å²) in [4.78, 5) is 4.67. The Morgan fingerprint density at radius 1 is 1.22 bits per heavy atom. The molecule has 0 atom stereocenters. The van der Waals surface area contributed by atoms with Gasteiger partial charge in [0.1, 0.15) is 10.0 Å². The first-order valence-electron chi connectivity index (χ1n) is 8.07. The molecular formula is C16H30IN5S. The Kier molecular flexibility index (Phi) is 6.84. The molecule has 1 aliphatic rings. The topological polar surface area (TPSA) is 62.2 Å². The van der Waals surface area contributed by atoms with Crippen molar-refractivity contribution < 1.29 is 0 Å². The zero-order chi connectivity index (χ0) is 16.5. The predicted molar refractivity (Wildman–Crippen MR) is 109 cm³/mol. The molecule has 0 spiro atoms. The van der Waals surface area contributed by atoms with Crippen LogP contribution in [-0.2, 0) is 6.54 Å². The van der Waals surface area contributed by atoms with E-state index in [1.54, 1.807) is 11.3 Å². The summed E-state index contributed by atoms with van der Waals surface area (Å²) in [5.41, 5.74) is 0.577. The molecule has 0 aliphatic heterocycles. The number of aromatic nitrogens is 2. The molecule has 7 heteroatoms. The van der Waals surface area contributed by atoms with Crippen LogP contribution in [0.1, 0.15) is 64.4 Å². The molecule has 0 unspecified atom stereocenters. The molecule has 2 rings (SSSR count). The molecule has 23 heavy (non-hydrogen) atoms. The molecule has 0 bridgehead atoms. The van der Waals surface area contributed by atoms with E-state index in [-0.39, 0.29) is 34.8 Å². The Hall–Kier alpha value is -0.440. The smallest absolute Gasteiger partial charge is 0.191 e. The number of nitrogens with one attached hydrogen (secondary N) is 2. The first kappa shape index (κ1) is 20.6. The molecule has 1 saturated carbocycles. The van der Waals surface area contributed by atoms with E-state index in [9.17, 15) is 0 Å². The van der Waals surface area contributed by atoms with Crippen molar-refractivity contribution in [1.29, 1.82) is 0 Å². The highest BCUT2D eigenvalue weighted by Gasteiger charge is 2.65. The average Bonchev–Trinajstić information content (AvgIpc) is 2.81. The van der Waals surface area contributed by atoms with E-state index < -0.39 is 0 Å².